The predicted molar refractivity (Wildman–Crippen MR) is 65.8 cm³/mol. The molecule has 3 atom stereocenters. The lowest BCUT2D eigenvalue weighted by atomic mass is 10.0. The van der Waals surface area contributed by atoms with Crippen LogP contribution < -0.4 is 10.1 Å². The molecule has 3 unspecified atom stereocenters. The topological polar surface area (TPSA) is 21.3 Å². The molecule has 0 saturated heterocycles. The second-order valence-electron chi connectivity index (χ2n) is 4.76. The average molecular weight is 215 g/mol. The minimum absolute atomic E-state index is 0.628. The van der Waals surface area contributed by atoms with Gasteiger partial charge in [-0.05, 0) is 48.9 Å². The summed E-state index contributed by atoms with van der Waals surface area (Å²) in [5.74, 6) is 2.48. The van der Waals surface area contributed by atoms with Gasteiger partial charge in [0, 0.05) is 11.7 Å². The third-order valence-electron chi connectivity index (χ3n) is 3.72. The number of allylic oxidation sites excluding steroid dienone is 1. The van der Waals surface area contributed by atoms with Crippen molar-refractivity contribution >= 4 is 5.69 Å². The van der Waals surface area contributed by atoms with Crippen LogP contribution in [0.3, 0.4) is 0 Å². The van der Waals surface area contributed by atoms with Crippen LogP contribution >= 0.6 is 0 Å². The van der Waals surface area contributed by atoms with Gasteiger partial charge in [0.1, 0.15) is 5.75 Å². The van der Waals surface area contributed by atoms with E-state index in [1.54, 1.807) is 7.11 Å². The second kappa shape index (κ2) is 3.85. The Kier molecular flexibility index (Phi) is 2.35. The van der Waals surface area contributed by atoms with Gasteiger partial charge < -0.3 is 10.1 Å². The van der Waals surface area contributed by atoms with Crippen LogP contribution in [-0.4, -0.2) is 13.2 Å². The first kappa shape index (κ1) is 9.76. The van der Waals surface area contributed by atoms with Gasteiger partial charge in [-0.3, -0.25) is 0 Å². The van der Waals surface area contributed by atoms with Crippen LogP contribution in [0.4, 0.5) is 5.69 Å². The van der Waals surface area contributed by atoms with Crippen molar-refractivity contribution in [2.24, 2.45) is 11.8 Å². The highest BCUT2D eigenvalue weighted by Crippen LogP contribution is 2.40. The third-order valence-corrected chi connectivity index (χ3v) is 3.72. The number of methoxy groups -OCH3 is 1. The van der Waals surface area contributed by atoms with Crippen LogP contribution in [0.25, 0.3) is 0 Å². The summed E-state index contributed by atoms with van der Waals surface area (Å²) in [6.07, 6.45) is 7.37. The number of ether oxygens (including phenoxy) is 1. The molecule has 1 aromatic carbocycles. The molecule has 0 aliphatic heterocycles. The molecule has 1 saturated carbocycles. The lowest BCUT2D eigenvalue weighted by Gasteiger charge is -2.21. The summed E-state index contributed by atoms with van der Waals surface area (Å²) in [6, 6.07) is 8.82. The Balaban J connectivity index is 1.68. The van der Waals surface area contributed by atoms with Crippen LogP contribution in [0.1, 0.15) is 12.8 Å². The molecule has 0 heterocycles. The Morgan fingerprint density at radius 1 is 1.12 bits per heavy atom. The highest BCUT2D eigenvalue weighted by atomic mass is 16.5. The number of hydrogen-bond donors (Lipinski definition) is 1. The van der Waals surface area contributed by atoms with Crippen molar-refractivity contribution in [3.63, 3.8) is 0 Å². The molecule has 16 heavy (non-hydrogen) atoms. The Morgan fingerprint density at radius 2 is 1.94 bits per heavy atom. The number of anilines is 1. The Labute approximate surface area is 96.3 Å². The van der Waals surface area contributed by atoms with Crippen LogP contribution in [0.15, 0.2) is 36.4 Å². The van der Waals surface area contributed by atoms with Gasteiger partial charge in [0.25, 0.3) is 0 Å². The Morgan fingerprint density at radius 3 is 2.50 bits per heavy atom. The third kappa shape index (κ3) is 1.69. The molecule has 0 aromatic heterocycles. The Hall–Kier alpha value is -1.44. The molecule has 2 nitrogen and oxygen atoms in total. The fourth-order valence-electron chi connectivity index (χ4n) is 2.85. The van der Waals surface area contributed by atoms with E-state index >= 15 is 0 Å². The van der Waals surface area contributed by atoms with E-state index in [4.69, 9.17) is 4.74 Å². The molecule has 2 aliphatic carbocycles. The molecule has 2 bridgehead atoms. The molecule has 2 heteroatoms. The van der Waals surface area contributed by atoms with E-state index in [1.165, 1.54) is 18.5 Å². The number of hydrogen-bond acceptors (Lipinski definition) is 2. The molecular weight excluding hydrogens is 198 g/mol. The zero-order chi connectivity index (χ0) is 11.0. The van der Waals surface area contributed by atoms with Crippen molar-refractivity contribution in [1.29, 1.82) is 0 Å². The van der Waals surface area contributed by atoms with Crippen LogP contribution in [0.5, 0.6) is 5.75 Å². The van der Waals surface area contributed by atoms with Crippen molar-refractivity contribution in [2.45, 2.75) is 18.9 Å². The van der Waals surface area contributed by atoms with Gasteiger partial charge in [-0.15, -0.1) is 0 Å². The summed E-state index contributed by atoms with van der Waals surface area (Å²) >= 11 is 0. The van der Waals surface area contributed by atoms with E-state index in [-0.39, 0.29) is 0 Å². The summed E-state index contributed by atoms with van der Waals surface area (Å²) in [5, 5.41) is 3.62. The minimum Gasteiger partial charge on any atom is -0.497 e. The summed E-state index contributed by atoms with van der Waals surface area (Å²) in [7, 11) is 1.70. The quantitative estimate of drug-likeness (QED) is 0.782. The molecule has 3 rings (SSSR count). The minimum atomic E-state index is 0.628. The SMILES string of the molecule is COc1ccc(NC2CC3C=CC2C3)cc1. The highest BCUT2D eigenvalue weighted by molar-refractivity contribution is 5.48. The zero-order valence-electron chi connectivity index (χ0n) is 9.52. The van der Waals surface area contributed by atoms with Gasteiger partial charge in [-0.2, -0.15) is 0 Å². The fraction of sp³-hybridized carbons (Fsp3) is 0.429. The summed E-state index contributed by atoms with van der Waals surface area (Å²) in [5.41, 5.74) is 1.20. The van der Waals surface area contributed by atoms with Gasteiger partial charge in [-0.25, -0.2) is 0 Å². The summed E-state index contributed by atoms with van der Waals surface area (Å²) in [4.78, 5) is 0. The first-order valence-electron chi connectivity index (χ1n) is 5.94. The van der Waals surface area contributed by atoms with Crippen molar-refractivity contribution in [3.8, 4) is 5.75 Å². The number of fused-ring (bicyclic) bond motifs is 2. The van der Waals surface area contributed by atoms with Gasteiger partial charge in [0.2, 0.25) is 0 Å². The normalized spacial score (nSPS) is 30.7. The number of benzene rings is 1. The maximum Gasteiger partial charge on any atom is 0.119 e. The van der Waals surface area contributed by atoms with Crippen molar-refractivity contribution in [3.05, 3.63) is 36.4 Å². The van der Waals surface area contributed by atoms with Crippen molar-refractivity contribution in [2.75, 3.05) is 12.4 Å². The van der Waals surface area contributed by atoms with Crippen molar-refractivity contribution in [1.82, 2.24) is 0 Å². The smallest absolute Gasteiger partial charge is 0.119 e. The summed E-state index contributed by atoms with van der Waals surface area (Å²) < 4.78 is 5.15. The molecule has 2 aliphatic rings. The van der Waals surface area contributed by atoms with E-state index in [2.05, 4.69) is 29.6 Å². The fourth-order valence-corrected chi connectivity index (χ4v) is 2.85. The van der Waals surface area contributed by atoms with Crippen LogP contribution in [-0.2, 0) is 0 Å². The van der Waals surface area contributed by atoms with Gasteiger partial charge in [0.05, 0.1) is 7.11 Å². The number of rotatable bonds is 3. The molecule has 0 radical (unpaired) electrons. The zero-order valence-corrected chi connectivity index (χ0v) is 9.52. The standard InChI is InChI=1S/C14H17NO/c1-16-13-6-4-12(5-7-13)15-14-9-10-2-3-11(14)8-10/h2-7,10-11,14-15H,8-9H2,1H3. The molecule has 0 spiro atoms. The maximum atomic E-state index is 5.15. The molecule has 1 N–H and O–H groups in total. The summed E-state index contributed by atoms with van der Waals surface area (Å²) in [6.45, 7) is 0. The molecule has 84 valence electrons. The van der Waals surface area contributed by atoms with Crippen LogP contribution in [0, 0.1) is 11.8 Å². The van der Waals surface area contributed by atoms with E-state index in [0.717, 1.165) is 17.6 Å². The molecular formula is C14H17NO. The van der Waals surface area contributed by atoms with E-state index in [9.17, 15) is 0 Å². The molecule has 0 amide bonds. The average Bonchev–Trinajstić information content (AvgIpc) is 2.92. The Bertz CT molecular complexity index is 396. The van der Waals surface area contributed by atoms with Gasteiger partial charge >= 0.3 is 0 Å². The lowest BCUT2D eigenvalue weighted by Crippen LogP contribution is -2.23. The first-order valence-corrected chi connectivity index (χ1v) is 5.94. The van der Waals surface area contributed by atoms with E-state index < -0.39 is 0 Å². The van der Waals surface area contributed by atoms with E-state index in [0.29, 0.717) is 6.04 Å². The molecule has 1 aromatic rings. The largest absolute Gasteiger partial charge is 0.497 e. The van der Waals surface area contributed by atoms with Gasteiger partial charge in [0.15, 0.2) is 0 Å². The molecule has 1 fully saturated rings. The lowest BCUT2D eigenvalue weighted by molar-refractivity contribution is 0.415. The van der Waals surface area contributed by atoms with Crippen LogP contribution in [0.2, 0.25) is 0 Å². The van der Waals surface area contributed by atoms with Crippen molar-refractivity contribution < 1.29 is 4.74 Å². The van der Waals surface area contributed by atoms with E-state index in [1.807, 2.05) is 12.1 Å². The predicted octanol–water partition coefficient (Wildman–Crippen LogP) is 3.07. The highest BCUT2D eigenvalue weighted by Gasteiger charge is 2.35. The van der Waals surface area contributed by atoms with Gasteiger partial charge in [-0.1, -0.05) is 12.2 Å². The monoisotopic (exact) mass is 215 g/mol. The second-order valence-corrected chi connectivity index (χ2v) is 4.76. The number of nitrogens with one attached hydrogen (secondary N) is 1. The first-order chi connectivity index (χ1) is 7.85. The maximum absolute atomic E-state index is 5.15.